The Bertz CT molecular complexity index is 854. The molecule has 1 saturated heterocycles. The first-order chi connectivity index (χ1) is 12.5. The summed E-state index contributed by atoms with van der Waals surface area (Å²) in [6, 6.07) is 9.18. The molecule has 0 saturated carbocycles. The van der Waals surface area contributed by atoms with Crippen molar-refractivity contribution in [1.82, 2.24) is 5.32 Å². The van der Waals surface area contributed by atoms with Crippen molar-refractivity contribution in [2.45, 2.75) is 0 Å². The van der Waals surface area contributed by atoms with Crippen LogP contribution < -0.4 is 15.5 Å². The van der Waals surface area contributed by atoms with Gasteiger partial charge >= 0.3 is 0 Å². The van der Waals surface area contributed by atoms with E-state index in [4.69, 9.17) is 23.2 Å². The van der Waals surface area contributed by atoms with E-state index in [1.165, 1.54) is 18.2 Å². The SMILES string of the molecule is O=C(Nc1ccc(N2CCNCC2)c([N+](=O)[O-])c1)c1ccc(Cl)cc1Cl. The number of benzene rings is 2. The molecule has 3 rings (SSSR count). The molecule has 1 heterocycles. The Morgan fingerprint density at radius 2 is 1.88 bits per heavy atom. The molecular weight excluding hydrogens is 379 g/mol. The third kappa shape index (κ3) is 4.07. The van der Waals surface area contributed by atoms with Gasteiger partial charge < -0.3 is 15.5 Å². The Hall–Kier alpha value is -2.35. The van der Waals surface area contributed by atoms with Crippen LogP contribution in [-0.4, -0.2) is 37.0 Å². The maximum Gasteiger partial charge on any atom is 0.294 e. The van der Waals surface area contributed by atoms with E-state index >= 15 is 0 Å². The summed E-state index contributed by atoms with van der Waals surface area (Å²) >= 11 is 11.9. The van der Waals surface area contributed by atoms with Crippen molar-refractivity contribution in [2.75, 3.05) is 36.4 Å². The van der Waals surface area contributed by atoms with E-state index < -0.39 is 10.8 Å². The summed E-state index contributed by atoms with van der Waals surface area (Å²) in [4.78, 5) is 25.4. The summed E-state index contributed by atoms with van der Waals surface area (Å²) in [6.45, 7) is 2.91. The van der Waals surface area contributed by atoms with Crippen LogP contribution in [0.5, 0.6) is 0 Å². The van der Waals surface area contributed by atoms with Crippen molar-refractivity contribution in [3.8, 4) is 0 Å². The highest BCUT2D eigenvalue weighted by atomic mass is 35.5. The van der Waals surface area contributed by atoms with Gasteiger partial charge in [-0.2, -0.15) is 0 Å². The average Bonchev–Trinajstić information content (AvgIpc) is 2.62. The van der Waals surface area contributed by atoms with Crippen molar-refractivity contribution < 1.29 is 9.72 Å². The van der Waals surface area contributed by atoms with Gasteiger partial charge in [0.1, 0.15) is 5.69 Å². The lowest BCUT2D eigenvalue weighted by Gasteiger charge is -2.29. The number of anilines is 2. The van der Waals surface area contributed by atoms with Crippen LogP contribution in [0.1, 0.15) is 10.4 Å². The van der Waals surface area contributed by atoms with E-state index in [0.29, 0.717) is 29.5 Å². The second-order valence-corrected chi connectivity index (χ2v) is 6.62. The molecule has 0 atom stereocenters. The quantitative estimate of drug-likeness (QED) is 0.611. The number of nitro groups is 1. The molecule has 136 valence electrons. The number of hydrogen-bond acceptors (Lipinski definition) is 5. The van der Waals surface area contributed by atoms with E-state index in [9.17, 15) is 14.9 Å². The first-order valence-electron chi connectivity index (χ1n) is 7.96. The lowest BCUT2D eigenvalue weighted by atomic mass is 10.1. The van der Waals surface area contributed by atoms with E-state index in [2.05, 4.69) is 10.6 Å². The summed E-state index contributed by atoms with van der Waals surface area (Å²) < 4.78 is 0. The van der Waals surface area contributed by atoms with Crippen LogP contribution in [0.4, 0.5) is 17.1 Å². The van der Waals surface area contributed by atoms with Gasteiger partial charge in [0.15, 0.2) is 0 Å². The first kappa shape index (κ1) is 18.4. The smallest absolute Gasteiger partial charge is 0.294 e. The topological polar surface area (TPSA) is 87.5 Å². The van der Waals surface area contributed by atoms with E-state index in [-0.39, 0.29) is 16.3 Å². The van der Waals surface area contributed by atoms with E-state index in [0.717, 1.165) is 13.1 Å². The Balaban J connectivity index is 1.85. The van der Waals surface area contributed by atoms with Crippen molar-refractivity contribution in [1.29, 1.82) is 0 Å². The molecule has 0 radical (unpaired) electrons. The minimum absolute atomic E-state index is 0.0492. The summed E-state index contributed by atoms with van der Waals surface area (Å²) in [5.74, 6) is -0.462. The van der Waals surface area contributed by atoms with Gasteiger partial charge in [0.05, 0.1) is 15.5 Å². The van der Waals surface area contributed by atoms with Crippen molar-refractivity contribution in [3.05, 3.63) is 62.1 Å². The molecule has 2 aromatic carbocycles. The molecule has 0 spiro atoms. The highest BCUT2D eigenvalue weighted by Crippen LogP contribution is 2.32. The number of piperazine rings is 1. The molecule has 1 amide bonds. The minimum Gasteiger partial charge on any atom is -0.363 e. The number of hydrogen-bond donors (Lipinski definition) is 2. The van der Waals surface area contributed by atoms with Gasteiger partial charge in [0.25, 0.3) is 11.6 Å². The zero-order valence-electron chi connectivity index (χ0n) is 13.7. The van der Waals surface area contributed by atoms with Crippen molar-refractivity contribution in [2.24, 2.45) is 0 Å². The normalized spacial score (nSPS) is 14.2. The zero-order valence-corrected chi connectivity index (χ0v) is 15.2. The maximum absolute atomic E-state index is 12.4. The van der Waals surface area contributed by atoms with Crippen LogP contribution in [0, 0.1) is 10.1 Å². The van der Waals surface area contributed by atoms with Gasteiger partial charge in [-0.05, 0) is 30.3 Å². The average molecular weight is 395 g/mol. The molecule has 1 fully saturated rings. The molecule has 2 aromatic rings. The maximum atomic E-state index is 12.4. The van der Waals surface area contributed by atoms with Crippen LogP contribution in [0.25, 0.3) is 0 Å². The highest BCUT2D eigenvalue weighted by Gasteiger charge is 2.22. The zero-order chi connectivity index (χ0) is 18.7. The standard InChI is InChI=1S/C17H16Cl2N4O3/c18-11-1-3-13(14(19)9-11)17(24)21-12-2-4-15(16(10-12)23(25)26)22-7-5-20-6-8-22/h1-4,9-10,20H,5-8H2,(H,21,24). The predicted molar refractivity (Wildman–Crippen MR) is 103 cm³/mol. The molecule has 0 aliphatic carbocycles. The van der Waals surface area contributed by atoms with Gasteiger partial charge in [0, 0.05) is 43.0 Å². The molecule has 0 unspecified atom stereocenters. The Labute approximate surface area is 160 Å². The van der Waals surface area contributed by atoms with Crippen LogP contribution in [0.15, 0.2) is 36.4 Å². The number of halogens is 2. The number of nitrogens with zero attached hydrogens (tertiary/aromatic N) is 2. The summed E-state index contributed by atoms with van der Waals surface area (Å²) in [7, 11) is 0. The highest BCUT2D eigenvalue weighted by molar-refractivity contribution is 6.37. The van der Waals surface area contributed by atoms with Gasteiger partial charge in [0.2, 0.25) is 0 Å². The van der Waals surface area contributed by atoms with E-state index in [1.54, 1.807) is 18.2 Å². The second kappa shape index (κ2) is 7.90. The molecule has 0 aromatic heterocycles. The van der Waals surface area contributed by atoms with Crippen molar-refractivity contribution >= 4 is 46.2 Å². The number of carbonyl (C=O) groups is 1. The number of nitrogens with one attached hydrogen (secondary N) is 2. The summed E-state index contributed by atoms with van der Waals surface area (Å²) in [6.07, 6.45) is 0. The minimum atomic E-state index is -0.462. The molecule has 26 heavy (non-hydrogen) atoms. The Morgan fingerprint density at radius 3 is 2.54 bits per heavy atom. The monoisotopic (exact) mass is 394 g/mol. The molecular formula is C17H16Cl2N4O3. The van der Waals surface area contributed by atoms with Crippen LogP contribution in [0.3, 0.4) is 0 Å². The molecule has 2 N–H and O–H groups in total. The largest absolute Gasteiger partial charge is 0.363 e. The van der Waals surface area contributed by atoms with Crippen LogP contribution >= 0.6 is 23.2 Å². The second-order valence-electron chi connectivity index (χ2n) is 5.78. The van der Waals surface area contributed by atoms with Crippen molar-refractivity contribution in [3.63, 3.8) is 0 Å². The molecule has 7 nitrogen and oxygen atoms in total. The number of rotatable bonds is 4. The van der Waals surface area contributed by atoms with Gasteiger partial charge in [-0.1, -0.05) is 23.2 Å². The Morgan fingerprint density at radius 1 is 1.15 bits per heavy atom. The molecule has 1 aliphatic heterocycles. The molecule has 9 heteroatoms. The van der Waals surface area contributed by atoms with E-state index in [1.807, 2.05) is 4.90 Å². The first-order valence-corrected chi connectivity index (χ1v) is 8.72. The number of carbonyl (C=O) groups excluding carboxylic acids is 1. The summed E-state index contributed by atoms with van der Waals surface area (Å²) in [5.41, 5.74) is 1.06. The van der Waals surface area contributed by atoms with Crippen LogP contribution in [-0.2, 0) is 0 Å². The molecule has 0 bridgehead atoms. The fourth-order valence-corrected chi connectivity index (χ4v) is 3.29. The summed E-state index contributed by atoms with van der Waals surface area (Å²) in [5, 5.41) is 18.0. The fraction of sp³-hybridized carbons (Fsp3) is 0.235. The number of nitro benzene ring substituents is 1. The van der Waals surface area contributed by atoms with Gasteiger partial charge in [-0.3, -0.25) is 14.9 Å². The third-order valence-corrected chi connectivity index (χ3v) is 4.61. The van der Waals surface area contributed by atoms with Gasteiger partial charge in [-0.25, -0.2) is 0 Å². The third-order valence-electron chi connectivity index (χ3n) is 4.06. The predicted octanol–water partition coefficient (Wildman–Crippen LogP) is 3.56. The molecule has 1 aliphatic rings. The lowest BCUT2D eigenvalue weighted by Crippen LogP contribution is -2.43. The lowest BCUT2D eigenvalue weighted by molar-refractivity contribution is -0.384. The number of amides is 1. The Kier molecular flexibility index (Phi) is 5.61. The van der Waals surface area contributed by atoms with Gasteiger partial charge in [-0.15, -0.1) is 0 Å². The van der Waals surface area contributed by atoms with Crippen LogP contribution in [0.2, 0.25) is 10.0 Å². The fourth-order valence-electron chi connectivity index (χ4n) is 2.79.